The van der Waals surface area contributed by atoms with E-state index >= 15 is 0 Å². The van der Waals surface area contributed by atoms with Crippen LogP contribution in [0.1, 0.15) is 25.1 Å². The van der Waals surface area contributed by atoms with Crippen LogP contribution in [0.15, 0.2) is 21.4 Å². The van der Waals surface area contributed by atoms with E-state index < -0.39 is 5.54 Å². The van der Waals surface area contributed by atoms with E-state index in [4.69, 9.17) is 5.73 Å². The summed E-state index contributed by atoms with van der Waals surface area (Å²) in [6.45, 7) is 4.57. The van der Waals surface area contributed by atoms with Crippen molar-refractivity contribution in [1.29, 1.82) is 0 Å². The topological polar surface area (TPSA) is 56.7 Å². The number of nitrogens with zero attached hydrogens (tertiary/aromatic N) is 3. The first-order valence-corrected chi connectivity index (χ1v) is 6.55. The molecule has 86 valence electrons. The molecule has 0 fully saturated rings. The van der Waals surface area contributed by atoms with E-state index in [9.17, 15) is 0 Å². The molecule has 0 radical (unpaired) electrons. The van der Waals surface area contributed by atoms with Crippen LogP contribution in [0.3, 0.4) is 0 Å². The molecule has 0 amide bonds. The lowest BCUT2D eigenvalue weighted by molar-refractivity contribution is 0.533. The predicted molar refractivity (Wildman–Crippen MR) is 68.4 cm³/mol. The first-order chi connectivity index (χ1) is 7.45. The van der Waals surface area contributed by atoms with Crippen LogP contribution in [-0.2, 0) is 12.1 Å². The Morgan fingerprint density at radius 3 is 2.81 bits per heavy atom. The number of rotatable bonds is 3. The van der Waals surface area contributed by atoms with Crippen molar-refractivity contribution in [1.82, 2.24) is 15.0 Å². The summed E-state index contributed by atoms with van der Waals surface area (Å²) < 4.78 is 2.93. The quantitative estimate of drug-likeness (QED) is 0.946. The van der Waals surface area contributed by atoms with Gasteiger partial charge in [0.2, 0.25) is 0 Å². The van der Waals surface area contributed by atoms with Gasteiger partial charge < -0.3 is 5.73 Å². The van der Waals surface area contributed by atoms with E-state index in [2.05, 4.69) is 37.7 Å². The van der Waals surface area contributed by atoms with Crippen LogP contribution >= 0.6 is 27.3 Å². The highest BCUT2D eigenvalue weighted by atomic mass is 79.9. The summed E-state index contributed by atoms with van der Waals surface area (Å²) in [5.41, 5.74) is 7.53. The lowest BCUT2D eigenvalue weighted by Gasteiger charge is -2.13. The molecule has 0 aliphatic heterocycles. The summed E-state index contributed by atoms with van der Waals surface area (Å²) in [7, 11) is 0. The number of hydrogen-bond acceptors (Lipinski definition) is 4. The van der Waals surface area contributed by atoms with Gasteiger partial charge in [0.1, 0.15) is 5.69 Å². The van der Waals surface area contributed by atoms with E-state index in [1.165, 1.54) is 5.56 Å². The third kappa shape index (κ3) is 2.69. The maximum atomic E-state index is 5.95. The van der Waals surface area contributed by atoms with Crippen LogP contribution in [0, 0.1) is 0 Å². The number of hydrogen-bond donors (Lipinski definition) is 1. The molecule has 2 rings (SSSR count). The highest BCUT2D eigenvalue weighted by Gasteiger charge is 2.18. The van der Waals surface area contributed by atoms with Crippen molar-refractivity contribution < 1.29 is 0 Å². The molecular weight excluding hydrogens is 288 g/mol. The molecule has 0 bridgehead atoms. The average molecular weight is 301 g/mol. The van der Waals surface area contributed by atoms with Crippen molar-refractivity contribution in [3.63, 3.8) is 0 Å². The van der Waals surface area contributed by atoms with Crippen molar-refractivity contribution in [2.24, 2.45) is 5.73 Å². The van der Waals surface area contributed by atoms with Gasteiger partial charge in [-0.1, -0.05) is 5.21 Å². The van der Waals surface area contributed by atoms with E-state index in [0.29, 0.717) is 0 Å². The second-order valence-corrected chi connectivity index (χ2v) is 6.57. The van der Waals surface area contributed by atoms with Crippen LogP contribution < -0.4 is 5.73 Å². The Morgan fingerprint density at radius 2 is 2.31 bits per heavy atom. The maximum absolute atomic E-state index is 5.95. The minimum atomic E-state index is -0.437. The normalized spacial score (nSPS) is 12.0. The Morgan fingerprint density at radius 1 is 1.56 bits per heavy atom. The van der Waals surface area contributed by atoms with Gasteiger partial charge in [0.25, 0.3) is 0 Å². The molecular formula is C10H13BrN4S. The van der Waals surface area contributed by atoms with Crippen molar-refractivity contribution >= 4 is 27.3 Å². The van der Waals surface area contributed by atoms with Crippen LogP contribution in [0.2, 0.25) is 0 Å². The summed E-state index contributed by atoms with van der Waals surface area (Å²) in [4.78, 5) is 0. The average Bonchev–Trinajstić information content (AvgIpc) is 2.74. The van der Waals surface area contributed by atoms with E-state index in [1.54, 1.807) is 16.0 Å². The van der Waals surface area contributed by atoms with Crippen molar-refractivity contribution in [2.45, 2.75) is 25.9 Å². The molecule has 4 nitrogen and oxygen atoms in total. The Labute approximate surface area is 107 Å². The molecule has 0 atom stereocenters. The fourth-order valence-corrected chi connectivity index (χ4v) is 2.49. The monoisotopic (exact) mass is 300 g/mol. The number of thiophene rings is 1. The van der Waals surface area contributed by atoms with Crippen LogP contribution in [-0.4, -0.2) is 15.0 Å². The zero-order valence-corrected chi connectivity index (χ0v) is 11.5. The first-order valence-electron chi connectivity index (χ1n) is 4.87. The molecule has 6 heteroatoms. The van der Waals surface area contributed by atoms with E-state index in [1.807, 2.05) is 20.0 Å². The second-order valence-electron chi connectivity index (χ2n) is 4.28. The van der Waals surface area contributed by atoms with E-state index in [0.717, 1.165) is 16.0 Å². The number of aromatic nitrogens is 3. The van der Waals surface area contributed by atoms with E-state index in [-0.39, 0.29) is 0 Å². The summed E-state index contributed by atoms with van der Waals surface area (Å²) in [6.07, 6.45) is 1.89. The summed E-state index contributed by atoms with van der Waals surface area (Å²) >= 11 is 5.10. The third-order valence-corrected chi connectivity index (χ3v) is 3.72. The Hall–Kier alpha value is -0.720. The SMILES string of the molecule is CC(C)(N)c1cn(Cc2csc(Br)c2)nn1. The second kappa shape index (κ2) is 4.27. The molecule has 2 N–H and O–H groups in total. The first kappa shape index (κ1) is 11.8. The van der Waals surface area contributed by atoms with Gasteiger partial charge in [0.05, 0.1) is 22.1 Å². The molecule has 0 unspecified atom stereocenters. The highest BCUT2D eigenvalue weighted by Crippen LogP contribution is 2.21. The molecule has 0 spiro atoms. The molecule has 0 aliphatic rings. The van der Waals surface area contributed by atoms with Crippen LogP contribution in [0.4, 0.5) is 0 Å². The molecule has 0 aliphatic carbocycles. The van der Waals surface area contributed by atoms with Crippen molar-refractivity contribution in [3.8, 4) is 0 Å². The van der Waals surface area contributed by atoms with Crippen molar-refractivity contribution in [3.05, 3.63) is 32.7 Å². The lowest BCUT2D eigenvalue weighted by atomic mass is 10.0. The Bertz CT molecular complexity index is 483. The summed E-state index contributed by atoms with van der Waals surface area (Å²) in [5, 5.41) is 10.2. The van der Waals surface area contributed by atoms with Crippen molar-refractivity contribution in [2.75, 3.05) is 0 Å². The molecule has 0 saturated heterocycles. The zero-order chi connectivity index (χ0) is 11.8. The third-order valence-electron chi connectivity index (χ3n) is 2.17. The molecule has 2 aromatic heterocycles. The summed E-state index contributed by atoms with van der Waals surface area (Å²) in [6, 6.07) is 2.08. The van der Waals surface area contributed by atoms with Crippen LogP contribution in [0.5, 0.6) is 0 Å². The van der Waals surface area contributed by atoms with Gasteiger partial charge >= 0.3 is 0 Å². The number of nitrogens with two attached hydrogens (primary N) is 1. The fraction of sp³-hybridized carbons (Fsp3) is 0.400. The Kier molecular flexibility index (Phi) is 3.14. The predicted octanol–water partition coefficient (Wildman–Crippen LogP) is 2.34. The Balaban J connectivity index is 2.14. The standard InChI is InChI=1S/C10H13BrN4S/c1-10(2,12)8-5-15(14-13-8)4-7-3-9(11)16-6-7/h3,5-6H,4,12H2,1-2H3. The highest BCUT2D eigenvalue weighted by molar-refractivity contribution is 9.11. The summed E-state index contributed by atoms with van der Waals surface area (Å²) in [5.74, 6) is 0. The zero-order valence-electron chi connectivity index (χ0n) is 9.14. The molecule has 2 aromatic rings. The molecule has 16 heavy (non-hydrogen) atoms. The largest absolute Gasteiger partial charge is 0.320 e. The molecule has 0 aromatic carbocycles. The molecule has 0 saturated carbocycles. The smallest absolute Gasteiger partial charge is 0.102 e. The van der Waals surface area contributed by atoms with Crippen LogP contribution in [0.25, 0.3) is 0 Å². The van der Waals surface area contributed by atoms with Gasteiger partial charge in [-0.3, -0.25) is 0 Å². The number of halogens is 1. The lowest BCUT2D eigenvalue weighted by Crippen LogP contribution is -2.29. The maximum Gasteiger partial charge on any atom is 0.102 e. The van der Waals surface area contributed by atoms with Gasteiger partial charge in [-0.05, 0) is 46.8 Å². The van der Waals surface area contributed by atoms with Gasteiger partial charge in [0, 0.05) is 0 Å². The minimum absolute atomic E-state index is 0.437. The molecule has 2 heterocycles. The van der Waals surface area contributed by atoms with Gasteiger partial charge in [-0.25, -0.2) is 4.68 Å². The van der Waals surface area contributed by atoms with Gasteiger partial charge in [-0.15, -0.1) is 16.4 Å². The minimum Gasteiger partial charge on any atom is -0.320 e. The van der Waals surface area contributed by atoms with Gasteiger partial charge in [-0.2, -0.15) is 0 Å². The fourth-order valence-electron chi connectivity index (χ4n) is 1.29. The van der Waals surface area contributed by atoms with Gasteiger partial charge in [0.15, 0.2) is 0 Å².